The molecule has 10 heteroatoms. The van der Waals surface area contributed by atoms with E-state index < -0.39 is 11.7 Å². The molecular formula is C21H28N4O4S2. The predicted molar refractivity (Wildman–Crippen MR) is 124 cm³/mol. The lowest BCUT2D eigenvalue weighted by Gasteiger charge is -2.19. The number of thiazole rings is 1. The summed E-state index contributed by atoms with van der Waals surface area (Å²) < 4.78 is 5.04. The highest BCUT2D eigenvalue weighted by molar-refractivity contribution is 8.13. The Hall–Kier alpha value is -2.59. The number of hydrogen-bond acceptors (Lipinski definition) is 7. The maximum Gasteiger partial charge on any atom is 0.426 e. The van der Waals surface area contributed by atoms with Crippen molar-refractivity contribution in [2.45, 2.75) is 52.6 Å². The third-order valence-electron chi connectivity index (χ3n) is 3.82. The maximum absolute atomic E-state index is 11.8. The molecule has 1 aromatic carbocycles. The number of carbonyl (C=O) groups excluding carboxylic acids is 3. The van der Waals surface area contributed by atoms with E-state index in [2.05, 4.69) is 45.4 Å². The summed E-state index contributed by atoms with van der Waals surface area (Å²) in [7, 11) is 0. The van der Waals surface area contributed by atoms with Crippen LogP contribution in [0.2, 0.25) is 0 Å². The van der Waals surface area contributed by atoms with E-state index in [1.165, 1.54) is 23.8 Å². The molecule has 0 aliphatic heterocycles. The first kappa shape index (κ1) is 24.7. The number of hydrogen-bond donors (Lipinski definition) is 3. The smallest absolute Gasteiger partial charge is 0.426 e. The Morgan fingerprint density at radius 1 is 1.03 bits per heavy atom. The van der Waals surface area contributed by atoms with E-state index in [4.69, 9.17) is 4.74 Å². The van der Waals surface area contributed by atoms with Crippen LogP contribution in [0.25, 0.3) is 0 Å². The second-order valence-electron chi connectivity index (χ2n) is 7.78. The van der Waals surface area contributed by atoms with Crippen LogP contribution in [0.1, 0.15) is 44.5 Å². The first-order valence-electron chi connectivity index (χ1n) is 9.82. The lowest BCUT2D eigenvalue weighted by Crippen LogP contribution is -2.42. The molecule has 168 valence electrons. The molecule has 0 fully saturated rings. The topological polar surface area (TPSA) is 109 Å². The van der Waals surface area contributed by atoms with Crippen LogP contribution in [0.3, 0.4) is 0 Å². The zero-order chi connectivity index (χ0) is 22.9. The Labute approximate surface area is 190 Å². The normalized spacial score (nSPS) is 11.0. The van der Waals surface area contributed by atoms with E-state index in [0.29, 0.717) is 10.9 Å². The van der Waals surface area contributed by atoms with Crippen molar-refractivity contribution in [3.8, 4) is 0 Å². The van der Waals surface area contributed by atoms with E-state index in [-0.39, 0.29) is 11.1 Å². The van der Waals surface area contributed by atoms with Gasteiger partial charge in [-0.3, -0.25) is 15.0 Å². The summed E-state index contributed by atoms with van der Waals surface area (Å²) in [6.07, 6.45) is 1.70. The van der Waals surface area contributed by atoms with Gasteiger partial charge in [-0.2, -0.15) is 0 Å². The van der Waals surface area contributed by atoms with Gasteiger partial charge in [-0.1, -0.05) is 36.0 Å². The zero-order valence-electron chi connectivity index (χ0n) is 18.1. The average Bonchev–Trinajstić information content (AvgIpc) is 3.11. The first-order chi connectivity index (χ1) is 14.6. The minimum absolute atomic E-state index is 0.119. The minimum Gasteiger partial charge on any atom is -0.443 e. The molecule has 0 saturated heterocycles. The van der Waals surface area contributed by atoms with Gasteiger partial charge in [-0.15, -0.1) is 11.3 Å². The number of hydrazine groups is 1. The molecule has 0 unspecified atom stereocenters. The quantitative estimate of drug-likeness (QED) is 0.527. The molecule has 1 heterocycles. The minimum atomic E-state index is -0.693. The Balaban J connectivity index is 1.66. The monoisotopic (exact) mass is 464 g/mol. The molecule has 0 spiro atoms. The number of nitrogens with zero attached hydrogens (tertiary/aromatic N) is 1. The number of rotatable bonds is 7. The summed E-state index contributed by atoms with van der Waals surface area (Å²) in [5.74, 6) is 0.470. The van der Waals surface area contributed by atoms with Crippen LogP contribution in [-0.4, -0.2) is 33.6 Å². The van der Waals surface area contributed by atoms with Crippen LogP contribution >= 0.6 is 23.1 Å². The Morgan fingerprint density at radius 3 is 2.29 bits per heavy atom. The molecule has 1 aromatic heterocycles. The van der Waals surface area contributed by atoms with Gasteiger partial charge < -0.3 is 10.1 Å². The number of thioether (sulfide) groups is 1. The van der Waals surface area contributed by atoms with Crippen molar-refractivity contribution in [1.82, 2.24) is 15.8 Å². The molecule has 3 N–H and O–H groups in total. The van der Waals surface area contributed by atoms with Crippen molar-refractivity contribution in [2.24, 2.45) is 0 Å². The molecule has 0 aliphatic rings. The number of nitrogens with one attached hydrogen (secondary N) is 3. The van der Waals surface area contributed by atoms with E-state index in [0.717, 1.165) is 42.3 Å². The van der Waals surface area contributed by atoms with Crippen LogP contribution in [0, 0.1) is 0 Å². The SMILES string of the molecule is CC(=O)Nc1nc(CCc2ccc(CCSC(=O)NNC(=O)OC(C)(C)C)cc2)cs1. The summed E-state index contributed by atoms with van der Waals surface area (Å²) in [6.45, 7) is 6.71. The summed E-state index contributed by atoms with van der Waals surface area (Å²) in [5, 5.41) is 4.93. The van der Waals surface area contributed by atoms with Crippen molar-refractivity contribution in [1.29, 1.82) is 0 Å². The van der Waals surface area contributed by atoms with Crippen molar-refractivity contribution < 1.29 is 19.1 Å². The molecule has 0 atom stereocenters. The van der Waals surface area contributed by atoms with Gasteiger partial charge in [-0.25, -0.2) is 15.2 Å². The van der Waals surface area contributed by atoms with Gasteiger partial charge in [-0.05, 0) is 51.2 Å². The highest BCUT2D eigenvalue weighted by Crippen LogP contribution is 2.17. The van der Waals surface area contributed by atoms with Gasteiger partial charge in [0.05, 0.1) is 5.69 Å². The lowest BCUT2D eigenvalue weighted by molar-refractivity contribution is -0.114. The number of amides is 3. The van der Waals surface area contributed by atoms with E-state index in [1.807, 2.05) is 5.38 Å². The summed E-state index contributed by atoms with van der Waals surface area (Å²) in [6, 6.07) is 8.25. The van der Waals surface area contributed by atoms with Crippen LogP contribution in [0.15, 0.2) is 29.6 Å². The van der Waals surface area contributed by atoms with Gasteiger partial charge in [0.15, 0.2) is 5.13 Å². The van der Waals surface area contributed by atoms with Crippen LogP contribution in [0.5, 0.6) is 0 Å². The summed E-state index contributed by atoms with van der Waals surface area (Å²) in [4.78, 5) is 38.7. The molecule has 2 rings (SSSR count). The third-order valence-corrected chi connectivity index (χ3v) is 5.40. The Bertz CT molecular complexity index is 892. The predicted octanol–water partition coefficient (Wildman–Crippen LogP) is 4.31. The van der Waals surface area contributed by atoms with Gasteiger partial charge in [0.1, 0.15) is 5.60 Å². The lowest BCUT2D eigenvalue weighted by atomic mass is 10.1. The molecule has 0 bridgehead atoms. The molecule has 0 saturated carbocycles. The number of anilines is 1. The van der Waals surface area contributed by atoms with Crippen LogP contribution in [-0.2, 0) is 28.8 Å². The average molecular weight is 465 g/mol. The first-order valence-corrected chi connectivity index (χ1v) is 11.7. The Kier molecular flexibility index (Phi) is 9.32. The Morgan fingerprint density at radius 2 is 1.68 bits per heavy atom. The summed E-state index contributed by atoms with van der Waals surface area (Å²) in [5.41, 5.74) is 7.21. The molecule has 0 aliphatic carbocycles. The zero-order valence-corrected chi connectivity index (χ0v) is 19.7. The molecular weight excluding hydrogens is 436 g/mol. The number of ether oxygens (including phenoxy) is 1. The fourth-order valence-corrected chi connectivity index (χ4v) is 3.92. The van der Waals surface area contributed by atoms with Crippen molar-refractivity contribution >= 4 is 45.5 Å². The second kappa shape index (κ2) is 11.7. The van der Waals surface area contributed by atoms with Crippen LogP contribution < -0.4 is 16.2 Å². The van der Waals surface area contributed by atoms with Gasteiger partial charge in [0.2, 0.25) is 5.91 Å². The van der Waals surface area contributed by atoms with Crippen molar-refractivity contribution in [3.05, 3.63) is 46.5 Å². The van der Waals surface area contributed by atoms with E-state index in [9.17, 15) is 14.4 Å². The van der Waals surface area contributed by atoms with Crippen molar-refractivity contribution in [3.63, 3.8) is 0 Å². The van der Waals surface area contributed by atoms with E-state index >= 15 is 0 Å². The second-order valence-corrected chi connectivity index (χ2v) is 9.71. The molecule has 31 heavy (non-hydrogen) atoms. The number of aromatic nitrogens is 1. The number of benzene rings is 1. The largest absolute Gasteiger partial charge is 0.443 e. The van der Waals surface area contributed by atoms with E-state index in [1.54, 1.807) is 20.8 Å². The molecule has 2 aromatic rings. The van der Waals surface area contributed by atoms with Crippen molar-refractivity contribution in [2.75, 3.05) is 11.1 Å². The van der Waals surface area contributed by atoms with Gasteiger partial charge >= 0.3 is 6.09 Å². The number of carbonyl (C=O) groups is 3. The standard InChI is InChI=1S/C21H28N4O4S2/c1-14(26)22-18-23-17(13-31-18)10-9-15-5-7-16(8-6-15)11-12-30-20(28)25-24-19(27)29-21(2,3)4/h5-8,13H,9-12H2,1-4H3,(H,24,27)(H,25,28)(H,22,23,26). The summed E-state index contributed by atoms with van der Waals surface area (Å²) >= 11 is 2.52. The highest BCUT2D eigenvalue weighted by Gasteiger charge is 2.16. The fourth-order valence-electron chi connectivity index (χ4n) is 2.48. The maximum atomic E-state index is 11.8. The number of aryl methyl sites for hydroxylation is 3. The molecule has 8 nitrogen and oxygen atoms in total. The van der Waals surface area contributed by atoms with Gasteiger partial charge in [0, 0.05) is 18.1 Å². The van der Waals surface area contributed by atoms with Crippen LogP contribution in [0.4, 0.5) is 14.7 Å². The fraction of sp³-hybridized carbons (Fsp3) is 0.429. The molecule has 3 amide bonds. The highest BCUT2D eigenvalue weighted by atomic mass is 32.2. The van der Waals surface area contributed by atoms with Gasteiger partial charge in [0.25, 0.3) is 5.24 Å². The molecule has 0 radical (unpaired) electrons. The third kappa shape index (κ3) is 10.3.